The van der Waals surface area contributed by atoms with Crippen molar-refractivity contribution in [3.63, 3.8) is 0 Å². The summed E-state index contributed by atoms with van der Waals surface area (Å²) >= 11 is 0. The van der Waals surface area contributed by atoms with Crippen molar-refractivity contribution in [1.82, 2.24) is 0 Å². The summed E-state index contributed by atoms with van der Waals surface area (Å²) in [6.45, 7) is 0.359. The topological polar surface area (TPSA) is 26.3 Å². The first kappa shape index (κ1) is 8.35. The van der Waals surface area contributed by atoms with Crippen molar-refractivity contribution < 1.29 is 9.53 Å². The zero-order chi connectivity index (χ0) is 8.81. The minimum absolute atomic E-state index is 0.359. The predicted molar refractivity (Wildman–Crippen MR) is 45.2 cm³/mol. The van der Waals surface area contributed by atoms with Crippen LogP contribution in [0.25, 0.3) is 0 Å². The lowest BCUT2D eigenvalue weighted by Gasteiger charge is -2.07. The molecular weight excluding hydrogens is 152 g/mol. The van der Waals surface area contributed by atoms with Gasteiger partial charge in [0.25, 0.3) is 6.47 Å². The number of hydrogen-bond acceptors (Lipinski definition) is 2. The SMILES string of the molecule is C#C[C@@H](OC=O)c1ccccc1. The molecule has 12 heavy (non-hydrogen) atoms. The van der Waals surface area contributed by atoms with E-state index in [0.29, 0.717) is 6.47 Å². The van der Waals surface area contributed by atoms with Gasteiger partial charge in [-0.25, -0.2) is 0 Å². The highest BCUT2D eigenvalue weighted by atomic mass is 16.5. The molecule has 1 atom stereocenters. The summed E-state index contributed by atoms with van der Waals surface area (Å²) in [6.07, 6.45) is 4.59. The van der Waals surface area contributed by atoms with Gasteiger partial charge in [0.05, 0.1) is 0 Å². The molecule has 1 aromatic carbocycles. The number of terminal acetylenes is 1. The average Bonchev–Trinajstić information content (AvgIpc) is 2.15. The van der Waals surface area contributed by atoms with Crippen molar-refractivity contribution in [1.29, 1.82) is 0 Å². The summed E-state index contributed by atoms with van der Waals surface area (Å²) in [4.78, 5) is 10.0. The van der Waals surface area contributed by atoms with E-state index in [2.05, 4.69) is 10.7 Å². The van der Waals surface area contributed by atoms with Gasteiger partial charge < -0.3 is 4.74 Å². The van der Waals surface area contributed by atoms with Gasteiger partial charge in [-0.3, -0.25) is 4.79 Å². The lowest BCUT2D eigenvalue weighted by Crippen LogP contribution is -1.99. The Balaban J connectivity index is 2.82. The third-order valence-electron chi connectivity index (χ3n) is 1.45. The molecule has 0 unspecified atom stereocenters. The maximum absolute atomic E-state index is 10.0. The monoisotopic (exact) mass is 160 g/mol. The molecule has 0 fully saturated rings. The lowest BCUT2D eigenvalue weighted by atomic mass is 10.1. The predicted octanol–water partition coefficient (Wildman–Crippen LogP) is 1.53. The van der Waals surface area contributed by atoms with Crippen LogP contribution in [0.3, 0.4) is 0 Å². The van der Waals surface area contributed by atoms with Crippen molar-refractivity contribution in [2.24, 2.45) is 0 Å². The molecule has 0 spiro atoms. The summed E-state index contributed by atoms with van der Waals surface area (Å²) in [5.41, 5.74) is 0.812. The highest BCUT2D eigenvalue weighted by Crippen LogP contribution is 2.13. The Morgan fingerprint density at radius 2 is 2.08 bits per heavy atom. The molecule has 0 saturated heterocycles. The Morgan fingerprint density at radius 3 is 2.58 bits per heavy atom. The molecule has 0 heterocycles. The van der Waals surface area contributed by atoms with Gasteiger partial charge in [0.1, 0.15) is 0 Å². The van der Waals surface area contributed by atoms with E-state index in [4.69, 9.17) is 6.42 Å². The Hall–Kier alpha value is -1.75. The molecule has 0 saturated carbocycles. The first-order valence-corrected chi connectivity index (χ1v) is 3.48. The van der Waals surface area contributed by atoms with Gasteiger partial charge in [-0.15, -0.1) is 6.42 Å². The van der Waals surface area contributed by atoms with E-state index in [1.165, 1.54) is 0 Å². The Kier molecular flexibility index (Phi) is 2.92. The van der Waals surface area contributed by atoms with E-state index >= 15 is 0 Å². The molecule has 0 aromatic heterocycles. The average molecular weight is 160 g/mol. The summed E-state index contributed by atoms with van der Waals surface area (Å²) in [7, 11) is 0. The highest BCUT2D eigenvalue weighted by Gasteiger charge is 2.05. The van der Waals surface area contributed by atoms with Crippen LogP contribution in [0, 0.1) is 12.3 Å². The van der Waals surface area contributed by atoms with Gasteiger partial charge in [-0.05, 0) is 0 Å². The molecule has 60 valence electrons. The van der Waals surface area contributed by atoms with E-state index in [1.54, 1.807) is 0 Å². The van der Waals surface area contributed by atoms with Crippen LogP contribution in [0.5, 0.6) is 0 Å². The van der Waals surface area contributed by atoms with Gasteiger partial charge in [0.15, 0.2) is 6.10 Å². The Bertz CT molecular complexity index is 284. The van der Waals surface area contributed by atoms with E-state index in [9.17, 15) is 4.79 Å². The maximum Gasteiger partial charge on any atom is 0.294 e. The van der Waals surface area contributed by atoms with Gasteiger partial charge in [-0.2, -0.15) is 0 Å². The number of benzene rings is 1. The molecule has 1 aromatic rings. The van der Waals surface area contributed by atoms with Crippen LogP contribution >= 0.6 is 0 Å². The number of carbonyl (C=O) groups is 1. The van der Waals surface area contributed by atoms with Crippen molar-refractivity contribution in [3.05, 3.63) is 35.9 Å². The first-order chi connectivity index (χ1) is 5.88. The van der Waals surface area contributed by atoms with Crippen molar-refractivity contribution in [2.45, 2.75) is 6.10 Å². The van der Waals surface area contributed by atoms with Crippen LogP contribution in [-0.2, 0) is 9.53 Å². The molecule has 0 amide bonds. The van der Waals surface area contributed by atoms with E-state index in [1.807, 2.05) is 30.3 Å². The van der Waals surface area contributed by atoms with Crippen molar-refractivity contribution in [2.75, 3.05) is 0 Å². The molecule has 2 heteroatoms. The van der Waals surface area contributed by atoms with Crippen LogP contribution in [0.2, 0.25) is 0 Å². The molecule has 0 bridgehead atoms. The molecule has 0 aliphatic rings. The van der Waals surface area contributed by atoms with Gasteiger partial charge in [0.2, 0.25) is 0 Å². The fraction of sp³-hybridized carbons (Fsp3) is 0.100. The maximum atomic E-state index is 10.0. The van der Waals surface area contributed by atoms with Crippen molar-refractivity contribution in [3.8, 4) is 12.3 Å². The smallest absolute Gasteiger partial charge is 0.294 e. The van der Waals surface area contributed by atoms with Crippen LogP contribution in [-0.4, -0.2) is 6.47 Å². The second-order valence-electron chi connectivity index (χ2n) is 2.19. The first-order valence-electron chi connectivity index (χ1n) is 3.48. The Labute approximate surface area is 71.2 Å². The quantitative estimate of drug-likeness (QED) is 0.495. The van der Waals surface area contributed by atoms with Crippen LogP contribution in [0.15, 0.2) is 30.3 Å². The fourth-order valence-corrected chi connectivity index (χ4v) is 0.897. The standard InChI is InChI=1S/C10H8O2/c1-2-10(12-8-11)9-6-4-3-5-7-9/h1,3-8,10H/t10-/m1/s1. The lowest BCUT2D eigenvalue weighted by molar-refractivity contribution is -0.131. The molecule has 1 rings (SSSR count). The number of rotatable bonds is 3. The summed E-state index contributed by atoms with van der Waals surface area (Å²) in [5.74, 6) is 2.37. The largest absolute Gasteiger partial charge is 0.446 e. The zero-order valence-corrected chi connectivity index (χ0v) is 6.44. The fourth-order valence-electron chi connectivity index (χ4n) is 0.897. The van der Waals surface area contributed by atoms with Gasteiger partial charge in [0, 0.05) is 5.56 Å². The van der Waals surface area contributed by atoms with Crippen LogP contribution in [0.1, 0.15) is 11.7 Å². The van der Waals surface area contributed by atoms with Crippen molar-refractivity contribution >= 4 is 6.47 Å². The molecule has 0 aliphatic heterocycles. The van der Waals surface area contributed by atoms with Crippen LogP contribution in [0.4, 0.5) is 0 Å². The molecule has 0 radical (unpaired) electrons. The summed E-state index contributed by atoms with van der Waals surface area (Å²) < 4.78 is 4.66. The minimum atomic E-state index is -0.566. The Morgan fingerprint density at radius 1 is 1.42 bits per heavy atom. The molecular formula is C10H8O2. The third-order valence-corrected chi connectivity index (χ3v) is 1.45. The minimum Gasteiger partial charge on any atom is -0.446 e. The zero-order valence-electron chi connectivity index (χ0n) is 6.44. The van der Waals surface area contributed by atoms with Gasteiger partial charge >= 0.3 is 0 Å². The molecule has 0 N–H and O–H groups in total. The number of carbonyl (C=O) groups excluding carboxylic acids is 1. The number of hydrogen-bond donors (Lipinski definition) is 0. The van der Waals surface area contributed by atoms with Gasteiger partial charge in [-0.1, -0.05) is 36.3 Å². The van der Waals surface area contributed by atoms with E-state index < -0.39 is 6.10 Å². The summed E-state index contributed by atoms with van der Waals surface area (Å²) in [6, 6.07) is 9.18. The number of ether oxygens (including phenoxy) is 1. The second-order valence-corrected chi connectivity index (χ2v) is 2.19. The normalized spacial score (nSPS) is 11.2. The highest BCUT2D eigenvalue weighted by molar-refractivity contribution is 5.40. The van der Waals surface area contributed by atoms with Crippen LogP contribution < -0.4 is 0 Å². The van der Waals surface area contributed by atoms with E-state index in [-0.39, 0.29) is 0 Å². The van der Waals surface area contributed by atoms with E-state index in [0.717, 1.165) is 5.56 Å². The third kappa shape index (κ3) is 1.86. The summed E-state index contributed by atoms with van der Waals surface area (Å²) in [5, 5.41) is 0. The second kappa shape index (κ2) is 4.20. The molecule has 2 nitrogen and oxygen atoms in total. The molecule has 0 aliphatic carbocycles.